The zero-order valence-electron chi connectivity index (χ0n) is 15.7. The summed E-state index contributed by atoms with van der Waals surface area (Å²) in [5.41, 5.74) is 1.84. The summed E-state index contributed by atoms with van der Waals surface area (Å²) in [6.07, 6.45) is 5.36. The minimum atomic E-state index is -0.140. The van der Waals surface area contributed by atoms with Gasteiger partial charge < -0.3 is 9.88 Å². The molecule has 4 rings (SSSR count). The Bertz CT molecular complexity index is 1050. The van der Waals surface area contributed by atoms with Gasteiger partial charge in [-0.15, -0.1) is 0 Å². The number of nitrogens with one attached hydrogen (secondary N) is 1. The number of benzene rings is 2. The van der Waals surface area contributed by atoms with E-state index in [1.165, 1.54) is 6.42 Å². The molecular formula is C23H23ClN2O2. The van der Waals surface area contributed by atoms with Crippen LogP contribution in [0.15, 0.2) is 59.4 Å². The number of aromatic amines is 1. The summed E-state index contributed by atoms with van der Waals surface area (Å²) in [7, 11) is 0. The molecule has 3 aromatic rings. The molecule has 0 atom stereocenters. The number of nitrogens with zero attached hydrogens (tertiary/aromatic N) is 1. The van der Waals surface area contributed by atoms with Crippen LogP contribution in [-0.4, -0.2) is 21.8 Å². The van der Waals surface area contributed by atoms with E-state index in [9.17, 15) is 9.59 Å². The van der Waals surface area contributed by atoms with Crippen LogP contribution in [0.25, 0.3) is 10.9 Å². The Morgan fingerprint density at radius 1 is 1.04 bits per heavy atom. The Morgan fingerprint density at radius 3 is 2.61 bits per heavy atom. The third-order valence-corrected chi connectivity index (χ3v) is 5.75. The van der Waals surface area contributed by atoms with Crippen molar-refractivity contribution in [1.29, 1.82) is 0 Å². The minimum absolute atomic E-state index is 0.0676. The molecule has 1 aromatic heterocycles. The van der Waals surface area contributed by atoms with Crippen molar-refractivity contribution < 1.29 is 4.79 Å². The quantitative estimate of drug-likeness (QED) is 0.664. The van der Waals surface area contributed by atoms with Gasteiger partial charge in [-0.05, 0) is 48.6 Å². The molecule has 0 bridgehead atoms. The lowest BCUT2D eigenvalue weighted by atomic mass is 9.93. The van der Waals surface area contributed by atoms with Crippen molar-refractivity contribution in [3.8, 4) is 0 Å². The normalized spacial score (nSPS) is 14.9. The van der Waals surface area contributed by atoms with E-state index in [4.69, 9.17) is 11.6 Å². The number of rotatable bonds is 4. The van der Waals surface area contributed by atoms with E-state index in [0.29, 0.717) is 22.7 Å². The number of carbonyl (C=O) groups is 1. The molecule has 1 aliphatic carbocycles. The molecule has 5 heteroatoms. The van der Waals surface area contributed by atoms with Gasteiger partial charge in [0, 0.05) is 27.7 Å². The zero-order valence-corrected chi connectivity index (χ0v) is 16.4. The Morgan fingerprint density at radius 2 is 1.82 bits per heavy atom. The molecule has 144 valence electrons. The smallest absolute Gasteiger partial charge is 0.254 e. The molecule has 1 amide bonds. The molecule has 1 heterocycles. The fourth-order valence-electron chi connectivity index (χ4n) is 4.04. The molecule has 0 aliphatic heterocycles. The van der Waals surface area contributed by atoms with Crippen molar-refractivity contribution >= 4 is 28.4 Å². The van der Waals surface area contributed by atoms with Crippen LogP contribution in [0.1, 0.15) is 48.0 Å². The average Bonchev–Trinajstić information content (AvgIpc) is 2.72. The first kappa shape index (κ1) is 18.8. The largest absolute Gasteiger partial charge is 0.331 e. The maximum atomic E-state index is 13.3. The number of carbonyl (C=O) groups excluding carboxylic acids is 1. The van der Waals surface area contributed by atoms with Gasteiger partial charge in [0.05, 0.1) is 6.54 Å². The highest BCUT2D eigenvalue weighted by Crippen LogP contribution is 2.26. The Balaban J connectivity index is 1.70. The maximum absolute atomic E-state index is 13.3. The number of hydrogen-bond donors (Lipinski definition) is 1. The molecule has 1 saturated carbocycles. The van der Waals surface area contributed by atoms with Crippen molar-refractivity contribution in [2.45, 2.75) is 44.7 Å². The Hall–Kier alpha value is -2.59. The van der Waals surface area contributed by atoms with E-state index < -0.39 is 0 Å². The molecule has 28 heavy (non-hydrogen) atoms. The molecule has 0 saturated heterocycles. The van der Waals surface area contributed by atoms with E-state index in [2.05, 4.69) is 4.98 Å². The Labute approximate surface area is 169 Å². The van der Waals surface area contributed by atoms with Crippen LogP contribution in [0.2, 0.25) is 5.02 Å². The fraction of sp³-hybridized carbons (Fsp3) is 0.304. The van der Waals surface area contributed by atoms with Gasteiger partial charge in [-0.1, -0.05) is 55.1 Å². The summed E-state index contributed by atoms with van der Waals surface area (Å²) < 4.78 is 0. The number of para-hydroxylation sites is 1. The molecule has 2 aromatic carbocycles. The summed E-state index contributed by atoms with van der Waals surface area (Å²) >= 11 is 6.10. The minimum Gasteiger partial charge on any atom is -0.331 e. The van der Waals surface area contributed by atoms with Gasteiger partial charge in [-0.3, -0.25) is 9.59 Å². The molecule has 4 nitrogen and oxygen atoms in total. The van der Waals surface area contributed by atoms with Gasteiger partial charge in [0.15, 0.2) is 0 Å². The van der Waals surface area contributed by atoms with E-state index in [1.54, 1.807) is 24.3 Å². The fourth-order valence-corrected chi connectivity index (χ4v) is 4.23. The van der Waals surface area contributed by atoms with Crippen LogP contribution in [0, 0.1) is 0 Å². The van der Waals surface area contributed by atoms with E-state index in [-0.39, 0.29) is 17.5 Å². The lowest BCUT2D eigenvalue weighted by Gasteiger charge is -2.34. The number of fused-ring (bicyclic) bond motifs is 1. The number of hydrogen-bond acceptors (Lipinski definition) is 2. The summed E-state index contributed by atoms with van der Waals surface area (Å²) in [6, 6.07) is 16.8. The number of aromatic nitrogens is 1. The van der Waals surface area contributed by atoms with Crippen molar-refractivity contribution in [3.63, 3.8) is 0 Å². The van der Waals surface area contributed by atoms with E-state index in [1.807, 2.05) is 35.2 Å². The highest BCUT2D eigenvalue weighted by atomic mass is 35.5. The molecule has 1 fully saturated rings. The van der Waals surface area contributed by atoms with Crippen LogP contribution in [-0.2, 0) is 6.54 Å². The molecular weight excluding hydrogens is 372 g/mol. The monoisotopic (exact) mass is 394 g/mol. The van der Waals surface area contributed by atoms with Crippen molar-refractivity contribution in [1.82, 2.24) is 9.88 Å². The molecule has 0 spiro atoms. The standard InChI is InChI=1S/C23H23ClN2O2/c24-19-9-6-8-17(14-19)23(28)26(20-10-2-1-3-11-20)15-18-13-16-7-4-5-12-21(16)25-22(18)27/h4-9,12-14,20H,1-3,10-11,15H2,(H,25,27). The Kier molecular flexibility index (Phi) is 5.49. The maximum Gasteiger partial charge on any atom is 0.254 e. The van der Waals surface area contributed by atoms with Gasteiger partial charge in [-0.25, -0.2) is 0 Å². The number of amides is 1. The first-order valence-electron chi connectivity index (χ1n) is 9.79. The summed E-state index contributed by atoms with van der Waals surface area (Å²) in [5.74, 6) is -0.0676. The zero-order chi connectivity index (χ0) is 19.5. The summed E-state index contributed by atoms with van der Waals surface area (Å²) in [4.78, 5) is 30.8. The summed E-state index contributed by atoms with van der Waals surface area (Å²) in [5, 5.41) is 1.51. The topological polar surface area (TPSA) is 53.2 Å². The lowest BCUT2D eigenvalue weighted by molar-refractivity contribution is 0.0613. The van der Waals surface area contributed by atoms with Crippen LogP contribution >= 0.6 is 11.6 Å². The number of H-pyrrole nitrogens is 1. The van der Waals surface area contributed by atoms with Gasteiger partial charge in [0.25, 0.3) is 11.5 Å². The van der Waals surface area contributed by atoms with Gasteiger partial charge in [0.2, 0.25) is 0 Å². The predicted octanol–water partition coefficient (Wildman–Crippen LogP) is 5.16. The second-order valence-corrected chi connectivity index (χ2v) is 7.88. The molecule has 1 aliphatic rings. The summed E-state index contributed by atoms with van der Waals surface area (Å²) in [6.45, 7) is 0.302. The molecule has 0 unspecified atom stereocenters. The molecule has 0 radical (unpaired) electrons. The van der Waals surface area contributed by atoms with Gasteiger partial charge in [0.1, 0.15) is 0 Å². The van der Waals surface area contributed by atoms with Gasteiger partial charge in [-0.2, -0.15) is 0 Å². The first-order chi connectivity index (χ1) is 13.6. The molecule has 1 N–H and O–H groups in total. The van der Waals surface area contributed by atoms with E-state index >= 15 is 0 Å². The van der Waals surface area contributed by atoms with Gasteiger partial charge >= 0.3 is 0 Å². The average molecular weight is 395 g/mol. The lowest BCUT2D eigenvalue weighted by Crippen LogP contribution is -2.42. The van der Waals surface area contributed by atoms with Crippen LogP contribution in [0.5, 0.6) is 0 Å². The highest BCUT2D eigenvalue weighted by Gasteiger charge is 2.27. The van der Waals surface area contributed by atoms with Crippen LogP contribution in [0.3, 0.4) is 0 Å². The van der Waals surface area contributed by atoms with Crippen molar-refractivity contribution in [3.05, 3.63) is 81.1 Å². The third kappa shape index (κ3) is 3.97. The predicted molar refractivity (Wildman–Crippen MR) is 113 cm³/mol. The highest BCUT2D eigenvalue weighted by molar-refractivity contribution is 6.30. The van der Waals surface area contributed by atoms with Crippen molar-refractivity contribution in [2.24, 2.45) is 0 Å². The number of pyridine rings is 1. The van der Waals surface area contributed by atoms with Crippen LogP contribution in [0.4, 0.5) is 0 Å². The second-order valence-electron chi connectivity index (χ2n) is 7.45. The number of halogens is 1. The SMILES string of the molecule is O=C(c1cccc(Cl)c1)N(Cc1cc2ccccc2[nH]c1=O)C1CCCCC1. The second kappa shape index (κ2) is 8.19. The van der Waals surface area contributed by atoms with Crippen molar-refractivity contribution in [2.75, 3.05) is 0 Å². The van der Waals surface area contributed by atoms with Crippen LogP contribution < -0.4 is 5.56 Å². The van der Waals surface area contributed by atoms with E-state index in [0.717, 1.165) is 36.6 Å². The first-order valence-corrected chi connectivity index (χ1v) is 10.2. The third-order valence-electron chi connectivity index (χ3n) is 5.52.